The molecule has 6 heteroatoms. The van der Waals surface area contributed by atoms with Crippen LogP contribution in [0.3, 0.4) is 0 Å². The zero-order chi connectivity index (χ0) is 20.8. The van der Waals surface area contributed by atoms with Gasteiger partial charge < -0.3 is 14.2 Å². The number of methoxy groups -OCH3 is 2. The van der Waals surface area contributed by atoms with Gasteiger partial charge in [-0.2, -0.15) is 0 Å². The maximum Gasteiger partial charge on any atom is 0.410 e. The molecule has 1 fully saturated rings. The lowest BCUT2D eigenvalue weighted by atomic mass is 10.2. The van der Waals surface area contributed by atoms with Gasteiger partial charge in [-0.3, -0.25) is 4.90 Å². The lowest BCUT2D eigenvalue weighted by molar-refractivity contribution is -0.145. The van der Waals surface area contributed by atoms with Gasteiger partial charge in [-0.1, -0.05) is 65.0 Å². The zero-order valence-electron chi connectivity index (χ0n) is 17.7. The van der Waals surface area contributed by atoms with Crippen molar-refractivity contribution in [1.82, 2.24) is 4.90 Å². The van der Waals surface area contributed by atoms with Gasteiger partial charge in [-0.15, -0.1) is 0 Å². The fourth-order valence-corrected chi connectivity index (χ4v) is 2.33. The largest absolute Gasteiger partial charge is 0.467 e. The van der Waals surface area contributed by atoms with Crippen LogP contribution in [-0.2, 0) is 25.6 Å². The first-order chi connectivity index (χ1) is 12.9. The van der Waals surface area contributed by atoms with Gasteiger partial charge in [0, 0.05) is 13.5 Å². The molecule has 0 aromatic heterocycles. The van der Waals surface area contributed by atoms with E-state index in [0.29, 0.717) is 13.0 Å². The van der Waals surface area contributed by atoms with Gasteiger partial charge in [-0.25, -0.2) is 9.59 Å². The monoisotopic (exact) mass is 381 g/mol. The lowest BCUT2D eigenvalue weighted by Crippen LogP contribution is -2.41. The Labute approximate surface area is 163 Å². The number of nitrogens with zero attached hydrogens (tertiary/aromatic N) is 1. The highest BCUT2D eigenvalue weighted by Crippen LogP contribution is 2.22. The molecule has 0 spiro atoms. The topological polar surface area (TPSA) is 65.1 Å². The van der Waals surface area contributed by atoms with Gasteiger partial charge in [0.15, 0.2) is 0 Å². The maximum absolute atomic E-state index is 12.2. The number of hydrogen-bond donors (Lipinski definition) is 0. The minimum Gasteiger partial charge on any atom is -0.467 e. The van der Waals surface area contributed by atoms with E-state index in [4.69, 9.17) is 14.2 Å². The molecule has 1 aromatic rings. The highest BCUT2D eigenvalue weighted by molar-refractivity contribution is 5.82. The normalized spacial score (nSPS) is 18.0. The predicted molar refractivity (Wildman–Crippen MR) is 106 cm³/mol. The van der Waals surface area contributed by atoms with Crippen molar-refractivity contribution < 1.29 is 23.8 Å². The quantitative estimate of drug-likeness (QED) is 0.729. The van der Waals surface area contributed by atoms with E-state index in [1.54, 1.807) is 7.11 Å². The third-order valence-electron chi connectivity index (χ3n) is 3.51. The summed E-state index contributed by atoms with van der Waals surface area (Å²) in [5.41, 5.74) is 0.892. The Morgan fingerprint density at radius 1 is 1.11 bits per heavy atom. The average molecular weight is 382 g/mol. The number of esters is 1. The summed E-state index contributed by atoms with van der Waals surface area (Å²) in [6.45, 7) is 11.0. The SMILES string of the molecule is CC.CC(C)C.COC(=O)C1CC(OC)CN1C(=O)OCc1ccccc1. The Morgan fingerprint density at radius 3 is 2.15 bits per heavy atom. The van der Waals surface area contributed by atoms with Crippen LogP contribution in [0.1, 0.15) is 46.6 Å². The standard InChI is InChI=1S/C15H19NO5.C4H10.C2H6/c1-19-12-8-13(14(17)20-2)16(9-12)15(18)21-10-11-6-4-3-5-7-11;1-4(2)3;1-2/h3-7,12-13H,8-10H2,1-2H3;4H,1-3H3;1-2H3. The maximum atomic E-state index is 12.2. The van der Waals surface area contributed by atoms with Gasteiger partial charge >= 0.3 is 12.1 Å². The molecule has 1 aromatic carbocycles. The van der Waals surface area contributed by atoms with Crippen molar-refractivity contribution in [3.05, 3.63) is 35.9 Å². The van der Waals surface area contributed by atoms with Gasteiger partial charge in [0.25, 0.3) is 0 Å². The van der Waals surface area contributed by atoms with Crippen LogP contribution < -0.4 is 0 Å². The van der Waals surface area contributed by atoms with Crippen LogP contribution in [0.2, 0.25) is 0 Å². The van der Waals surface area contributed by atoms with Gasteiger partial charge in [0.1, 0.15) is 12.6 Å². The van der Waals surface area contributed by atoms with Gasteiger partial charge in [0.05, 0.1) is 19.8 Å². The van der Waals surface area contributed by atoms with Crippen LogP contribution in [0.4, 0.5) is 4.79 Å². The molecule has 27 heavy (non-hydrogen) atoms. The van der Waals surface area contributed by atoms with E-state index in [1.807, 2.05) is 44.2 Å². The van der Waals surface area contributed by atoms with Crippen molar-refractivity contribution in [2.75, 3.05) is 20.8 Å². The van der Waals surface area contributed by atoms with E-state index in [0.717, 1.165) is 11.5 Å². The second-order valence-electron chi connectivity index (χ2n) is 6.56. The molecule has 0 bridgehead atoms. The van der Waals surface area contributed by atoms with Crippen molar-refractivity contribution in [2.45, 2.75) is 59.8 Å². The number of amides is 1. The molecule has 0 aliphatic carbocycles. The summed E-state index contributed by atoms with van der Waals surface area (Å²) >= 11 is 0. The molecular weight excluding hydrogens is 346 g/mol. The molecule has 1 amide bonds. The summed E-state index contributed by atoms with van der Waals surface area (Å²) in [4.78, 5) is 25.3. The van der Waals surface area contributed by atoms with E-state index in [2.05, 4.69) is 20.8 Å². The van der Waals surface area contributed by atoms with E-state index in [9.17, 15) is 9.59 Å². The first kappa shape index (κ1) is 24.9. The smallest absolute Gasteiger partial charge is 0.410 e. The Kier molecular flexibility index (Phi) is 13.0. The summed E-state index contributed by atoms with van der Waals surface area (Å²) in [6.07, 6.45) is -0.295. The fourth-order valence-electron chi connectivity index (χ4n) is 2.33. The Balaban J connectivity index is 0.000000998. The summed E-state index contributed by atoms with van der Waals surface area (Å²) < 4.78 is 15.2. The van der Waals surface area contributed by atoms with E-state index < -0.39 is 18.1 Å². The van der Waals surface area contributed by atoms with Gasteiger partial charge in [0.2, 0.25) is 0 Å². The molecule has 0 saturated carbocycles. The Hall–Kier alpha value is -2.08. The van der Waals surface area contributed by atoms with E-state index >= 15 is 0 Å². The molecule has 154 valence electrons. The number of hydrogen-bond acceptors (Lipinski definition) is 5. The summed E-state index contributed by atoms with van der Waals surface area (Å²) in [7, 11) is 2.85. The molecule has 1 aliphatic heterocycles. The fraction of sp³-hybridized carbons (Fsp3) is 0.619. The molecule has 2 rings (SSSR count). The number of ether oxygens (including phenoxy) is 3. The Bertz CT molecular complexity index is 530. The molecule has 2 unspecified atom stereocenters. The first-order valence-corrected chi connectivity index (χ1v) is 9.47. The van der Waals surface area contributed by atoms with E-state index in [1.165, 1.54) is 12.0 Å². The summed E-state index contributed by atoms with van der Waals surface area (Å²) in [5.74, 6) is 0.381. The molecule has 0 radical (unpaired) electrons. The predicted octanol–water partition coefficient (Wildman–Crippen LogP) is 4.27. The lowest BCUT2D eigenvalue weighted by Gasteiger charge is -2.21. The van der Waals surface area contributed by atoms with E-state index in [-0.39, 0.29) is 12.7 Å². The van der Waals surface area contributed by atoms with Crippen LogP contribution >= 0.6 is 0 Å². The molecule has 1 heterocycles. The zero-order valence-corrected chi connectivity index (χ0v) is 17.7. The minimum atomic E-state index is -0.650. The van der Waals surface area contributed by atoms with Crippen molar-refractivity contribution in [3.8, 4) is 0 Å². The van der Waals surface area contributed by atoms with Crippen molar-refractivity contribution >= 4 is 12.1 Å². The van der Waals surface area contributed by atoms with Crippen LogP contribution in [0.25, 0.3) is 0 Å². The molecule has 0 N–H and O–H groups in total. The van der Waals surface area contributed by atoms with Crippen LogP contribution in [0.15, 0.2) is 30.3 Å². The first-order valence-electron chi connectivity index (χ1n) is 9.47. The number of rotatable bonds is 4. The third-order valence-corrected chi connectivity index (χ3v) is 3.51. The highest BCUT2D eigenvalue weighted by Gasteiger charge is 2.41. The number of carbonyl (C=O) groups is 2. The van der Waals surface area contributed by atoms with Crippen molar-refractivity contribution in [1.29, 1.82) is 0 Å². The van der Waals surface area contributed by atoms with Crippen molar-refractivity contribution in [2.24, 2.45) is 5.92 Å². The molecule has 6 nitrogen and oxygen atoms in total. The van der Waals surface area contributed by atoms with Crippen LogP contribution in [-0.4, -0.2) is 49.9 Å². The number of carbonyl (C=O) groups excluding carboxylic acids is 2. The van der Waals surface area contributed by atoms with Gasteiger partial charge in [-0.05, 0) is 11.5 Å². The third kappa shape index (κ3) is 9.43. The highest BCUT2D eigenvalue weighted by atomic mass is 16.6. The summed E-state index contributed by atoms with van der Waals surface area (Å²) in [5, 5.41) is 0. The average Bonchev–Trinajstić information content (AvgIpc) is 3.12. The molecule has 1 aliphatic rings. The van der Waals surface area contributed by atoms with Crippen LogP contribution in [0.5, 0.6) is 0 Å². The number of benzene rings is 1. The molecule has 2 atom stereocenters. The second kappa shape index (κ2) is 14.0. The summed E-state index contributed by atoms with van der Waals surface area (Å²) in [6, 6.07) is 8.72. The second-order valence-corrected chi connectivity index (χ2v) is 6.56. The molecular formula is C21H35NO5. The number of likely N-dealkylation sites (tertiary alicyclic amines) is 1. The molecule has 1 saturated heterocycles. The Morgan fingerprint density at radius 2 is 1.67 bits per heavy atom. The minimum absolute atomic E-state index is 0.168. The van der Waals surface area contributed by atoms with Crippen molar-refractivity contribution in [3.63, 3.8) is 0 Å². The van der Waals surface area contributed by atoms with Crippen LogP contribution in [0, 0.1) is 5.92 Å².